The molecule has 0 fully saturated rings. The summed E-state index contributed by atoms with van der Waals surface area (Å²) in [6, 6.07) is 11.8. The van der Waals surface area contributed by atoms with E-state index in [0.29, 0.717) is 16.7 Å². The van der Waals surface area contributed by atoms with E-state index in [1.54, 1.807) is 31.5 Å². The van der Waals surface area contributed by atoms with Crippen LogP contribution in [0.15, 0.2) is 48.7 Å². The first kappa shape index (κ1) is 20.8. The van der Waals surface area contributed by atoms with Crippen molar-refractivity contribution < 1.29 is 9.13 Å². The lowest BCUT2D eigenvalue weighted by molar-refractivity contribution is 0.413. The lowest BCUT2D eigenvalue weighted by Gasteiger charge is -2.27. The van der Waals surface area contributed by atoms with E-state index in [0.717, 1.165) is 16.9 Å². The van der Waals surface area contributed by atoms with E-state index in [2.05, 4.69) is 18.8 Å². The Hall–Kier alpha value is -2.53. The Bertz CT molecular complexity index is 904. The highest BCUT2D eigenvalue weighted by molar-refractivity contribution is 6.32. The maximum atomic E-state index is 13.3. The predicted octanol–water partition coefficient (Wildman–Crippen LogP) is 5.61. The van der Waals surface area contributed by atoms with E-state index in [4.69, 9.17) is 22.1 Å². The van der Waals surface area contributed by atoms with Crippen LogP contribution in [0.1, 0.15) is 39.0 Å². The second kappa shape index (κ2) is 8.44. The first-order chi connectivity index (χ1) is 12.8. The highest BCUT2D eigenvalue weighted by Gasteiger charge is 2.29. The molecule has 0 spiro atoms. The zero-order chi connectivity index (χ0) is 20.2. The van der Waals surface area contributed by atoms with Crippen LogP contribution < -0.4 is 10.5 Å². The van der Waals surface area contributed by atoms with Crippen LogP contribution in [-0.4, -0.2) is 16.7 Å². The van der Waals surface area contributed by atoms with Gasteiger partial charge in [0.15, 0.2) is 0 Å². The molecule has 4 nitrogen and oxygen atoms in total. The van der Waals surface area contributed by atoms with E-state index >= 15 is 0 Å². The maximum absolute atomic E-state index is 13.3. The lowest BCUT2D eigenvalue weighted by atomic mass is 9.81. The molecule has 0 radical (unpaired) electrons. The van der Waals surface area contributed by atoms with Crippen LogP contribution in [0.3, 0.4) is 0 Å². The van der Waals surface area contributed by atoms with Crippen molar-refractivity contribution in [2.75, 3.05) is 12.8 Å². The van der Waals surface area contributed by atoms with Crippen LogP contribution in [0, 0.1) is 5.82 Å². The number of hydrogen-bond acceptors (Lipinski definition) is 3. The number of hydrogen-bond donors (Lipinski definition) is 1. The topological polar surface area (TPSA) is 53.1 Å². The van der Waals surface area contributed by atoms with Gasteiger partial charge in [0.25, 0.3) is 0 Å². The summed E-state index contributed by atoms with van der Waals surface area (Å²) in [5.41, 5.74) is 8.27. The lowest BCUT2D eigenvalue weighted by Crippen LogP contribution is -2.23. The van der Waals surface area contributed by atoms with E-state index in [-0.39, 0.29) is 5.82 Å². The third-order valence-corrected chi connectivity index (χ3v) is 4.70. The molecule has 0 unspecified atom stereocenters. The number of anilines is 1. The van der Waals surface area contributed by atoms with Gasteiger partial charge in [0.05, 0.1) is 24.0 Å². The number of aromatic nitrogens is 2. The van der Waals surface area contributed by atoms with Crippen LogP contribution in [0.5, 0.6) is 5.75 Å². The normalized spacial score (nSPS) is 10.9. The fourth-order valence-corrected chi connectivity index (χ4v) is 3.06. The Labute approximate surface area is 164 Å². The Balaban J connectivity index is 0.00000126. The van der Waals surface area contributed by atoms with Crippen molar-refractivity contribution in [3.63, 3.8) is 0 Å². The number of nitrogen functional groups attached to an aromatic ring is 1. The molecule has 144 valence electrons. The number of rotatable bonds is 4. The molecule has 3 aromatic rings. The molecule has 0 aliphatic rings. The molecule has 0 atom stereocenters. The van der Waals surface area contributed by atoms with Crippen molar-refractivity contribution in [2.45, 2.75) is 33.1 Å². The number of ether oxygens (including phenoxy) is 1. The Morgan fingerprint density at radius 2 is 1.74 bits per heavy atom. The van der Waals surface area contributed by atoms with Crippen molar-refractivity contribution in [1.29, 1.82) is 0 Å². The molecule has 27 heavy (non-hydrogen) atoms. The second-order valence-corrected chi connectivity index (χ2v) is 6.69. The number of halogens is 2. The molecular weight excluding hydrogens is 365 g/mol. The summed E-state index contributed by atoms with van der Waals surface area (Å²) >= 11 is 6.14. The molecule has 0 aliphatic carbocycles. The van der Waals surface area contributed by atoms with Crippen molar-refractivity contribution in [1.82, 2.24) is 9.55 Å². The number of benzene rings is 2. The van der Waals surface area contributed by atoms with Crippen molar-refractivity contribution in [3.8, 4) is 11.4 Å². The Kier molecular flexibility index (Phi) is 6.50. The highest BCUT2D eigenvalue weighted by Crippen LogP contribution is 2.37. The number of nitrogens with zero attached hydrogens (tertiary/aromatic N) is 2. The minimum absolute atomic E-state index is 0.300. The largest absolute Gasteiger partial charge is 0.495 e. The summed E-state index contributed by atoms with van der Waals surface area (Å²) in [6.45, 7) is 8.12. The third-order valence-electron chi connectivity index (χ3n) is 4.39. The zero-order valence-electron chi connectivity index (χ0n) is 16.3. The summed E-state index contributed by atoms with van der Waals surface area (Å²) < 4.78 is 20.4. The van der Waals surface area contributed by atoms with Crippen LogP contribution in [0.4, 0.5) is 10.3 Å². The summed E-state index contributed by atoms with van der Waals surface area (Å²) in [5.74, 6) is 0.648. The van der Waals surface area contributed by atoms with E-state index in [1.165, 1.54) is 12.1 Å². The van der Waals surface area contributed by atoms with Gasteiger partial charge in [-0.2, -0.15) is 0 Å². The molecule has 0 aliphatic heterocycles. The molecule has 1 aromatic heterocycles. The molecule has 0 saturated carbocycles. The Morgan fingerprint density at radius 3 is 2.33 bits per heavy atom. The minimum Gasteiger partial charge on any atom is -0.495 e. The number of nitrogens with two attached hydrogens (primary N) is 1. The fourth-order valence-electron chi connectivity index (χ4n) is 2.86. The van der Waals surface area contributed by atoms with Gasteiger partial charge in [-0.1, -0.05) is 45.4 Å². The standard InChI is InChI=1S/C19H19ClFN3O.C2H6/c1-19(2,12-4-9-15(20)16(10-12)25-3)17-11-23-18(22)24(17)14-7-5-13(21)6-8-14;1-2/h4-11H,1-3H3,(H2,22,23);1-2H3. The van der Waals surface area contributed by atoms with E-state index < -0.39 is 5.41 Å². The molecule has 6 heteroatoms. The van der Waals surface area contributed by atoms with Crippen molar-refractivity contribution >= 4 is 17.5 Å². The average Bonchev–Trinajstić information content (AvgIpc) is 3.06. The van der Waals surface area contributed by atoms with Gasteiger partial charge in [0.1, 0.15) is 11.6 Å². The second-order valence-electron chi connectivity index (χ2n) is 6.29. The molecule has 0 amide bonds. The SMILES string of the molecule is CC.COc1cc(C(C)(C)c2cnc(N)n2-c2ccc(F)cc2)ccc1Cl. The van der Waals surface area contributed by atoms with Gasteiger partial charge < -0.3 is 10.5 Å². The molecule has 2 aromatic carbocycles. The summed E-state index contributed by atoms with van der Waals surface area (Å²) in [5, 5.41) is 0.550. The van der Waals surface area contributed by atoms with Crippen LogP contribution in [-0.2, 0) is 5.41 Å². The first-order valence-corrected chi connectivity index (χ1v) is 9.16. The Morgan fingerprint density at radius 1 is 1.11 bits per heavy atom. The zero-order valence-corrected chi connectivity index (χ0v) is 17.0. The first-order valence-electron chi connectivity index (χ1n) is 8.78. The van der Waals surface area contributed by atoms with Gasteiger partial charge in [0.2, 0.25) is 5.95 Å². The summed E-state index contributed by atoms with van der Waals surface area (Å²) in [4.78, 5) is 4.26. The van der Waals surface area contributed by atoms with E-state index in [1.807, 2.05) is 30.5 Å². The average molecular weight is 390 g/mol. The highest BCUT2D eigenvalue weighted by atomic mass is 35.5. The number of imidazole rings is 1. The quantitative estimate of drug-likeness (QED) is 0.631. The molecule has 0 bridgehead atoms. The molecule has 0 saturated heterocycles. The molecule has 1 heterocycles. The van der Waals surface area contributed by atoms with Gasteiger partial charge >= 0.3 is 0 Å². The van der Waals surface area contributed by atoms with Crippen LogP contribution in [0.2, 0.25) is 5.02 Å². The van der Waals surface area contributed by atoms with Gasteiger partial charge in [-0.25, -0.2) is 9.37 Å². The molecular formula is C21H25ClFN3O. The van der Waals surface area contributed by atoms with Crippen molar-refractivity contribution in [2.24, 2.45) is 0 Å². The van der Waals surface area contributed by atoms with E-state index in [9.17, 15) is 4.39 Å². The smallest absolute Gasteiger partial charge is 0.205 e. The van der Waals surface area contributed by atoms with Gasteiger partial charge in [-0.3, -0.25) is 4.57 Å². The fraction of sp³-hybridized carbons (Fsp3) is 0.286. The third kappa shape index (κ3) is 4.08. The minimum atomic E-state index is -0.434. The summed E-state index contributed by atoms with van der Waals surface area (Å²) in [6.07, 6.45) is 1.74. The summed E-state index contributed by atoms with van der Waals surface area (Å²) in [7, 11) is 1.58. The van der Waals surface area contributed by atoms with Crippen LogP contribution >= 0.6 is 11.6 Å². The van der Waals surface area contributed by atoms with Gasteiger partial charge in [0, 0.05) is 11.1 Å². The van der Waals surface area contributed by atoms with Gasteiger partial charge in [-0.05, 0) is 42.0 Å². The van der Waals surface area contributed by atoms with Gasteiger partial charge in [-0.15, -0.1) is 0 Å². The molecule has 3 rings (SSSR count). The monoisotopic (exact) mass is 389 g/mol. The van der Waals surface area contributed by atoms with Crippen LogP contribution in [0.25, 0.3) is 5.69 Å². The maximum Gasteiger partial charge on any atom is 0.205 e. The van der Waals surface area contributed by atoms with Crippen molar-refractivity contribution in [3.05, 3.63) is 70.8 Å². The predicted molar refractivity (Wildman–Crippen MR) is 109 cm³/mol. The number of methoxy groups -OCH3 is 1. The molecule has 2 N–H and O–H groups in total.